The average molecular weight is 246 g/mol. The zero-order valence-corrected chi connectivity index (χ0v) is 9.16. The third kappa shape index (κ3) is 6.38. The Morgan fingerprint density at radius 2 is 1.80 bits per heavy atom. The van der Waals surface area contributed by atoms with Crippen LogP contribution in [0.1, 0.15) is 19.5 Å². The number of nitrogens with zero attached hydrogens (tertiary/aromatic N) is 1. The molecule has 88 valence electrons. The fourth-order valence-electron chi connectivity index (χ4n) is 1.06. The maximum Gasteiger partial charge on any atom is 0.673 e. The fourth-order valence-corrected chi connectivity index (χ4v) is 1.34. The van der Waals surface area contributed by atoms with Gasteiger partial charge >= 0.3 is 12.5 Å². The lowest BCUT2D eigenvalue weighted by atomic mass is 10.3. The summed E-state index contributed by atoms with van der Waals surface area (Å²) in [5, 5.41) is 0.722. The van der Waals surface area contributed by atoms with Crippen molar-refractivity contribution in [2.45, 2.75) is 26.8 Å². The van der Waals surface area contributed by atoms with Crippen molar-refractivity contribution in [3.63, 3.8) is 0 Å². The first-order chi connectivity index (χ1) is 6.79. The Kier molecular flexibility index (Phi) is 5.71. The van der Waals surface area contributed by atoms with E-state index in [1.54, 1.807) is 0 Å². The van der Waals surface area contributed by atoms with Gasteiger partial charge in [-0.05, 0) is 6.92 Å². The van der Waals surface area contributed by atoms with Crippen LogP contribution < -0.4 is 4.57 Å². The Morgan fingerprint density at radius 3 is 2.07 bits per heavy atom. The number of aromatic nitrogens is 2. The average Bonchev–Trinajstić information content (AvgIpc) is 2.43. The number of aromatic amines is 1. The maximum atomic E-state index is 9.75. The lowest BCUT2D eigenvalue weighted by molar-refractivity contribution is -0.696. The molecule has 0 radical (unpaired) electrons. The van der Waals surface area contributed by atoms with Crippen LogP contribution >= 0.6 is 11.6 Å². The quantitative estimate of drug-likeness (QED) is 0.470. The van der Waals surface area contributed by atoms with Crippen molar-refractivity contribution in [3.8, 4) is 0 Å². The van der Waals surface area contributed by atoms with Crippen molar-refractivity contribution < 1.29 is 21.8 Å². The Hall–Kier alpha value is -0.715. The van der Waals surface area contributed by atoms with Gasteiger partial charge < -0.3 is 17.3 Å². The standard InChI is InChI=1S/C7H11ClN2.BF4/c1-3-6-5-9-7(8)10(6)4-2;2-1(3,4)5/h5H,3-4H2,1-2H3;/q;-1/p+1. The summed E-state index contributed by atoms with van der Waals surface area (Å²) < 4.78 is 41.1. The monoisotopic (exact) mass is 246 g/mol. The minimum atomic E-state index is -6.00. The predicted molar refractivity (Wildman–Crippen MR) is 51.2 cm³/mol. The minimum absolute atomic E-state index is 0.722. The van der Waals surface area contributed by atoms with E-state index in [0.717, 1.165) is 18.2 Å². The second-order valence-corrected chi connectivity index (χ2v) is 3.02. The molecule has 0 amide bonds. The molecule has 0 aliphatic rings. The molecule has 0 fully saturated rings. The molecule has 0 aromatic carbocycles. The highest BCUT2D eigenvalue weighted by molar-refractivity contribution is 6.50. The molecule has 2 nitrogen and oxygen atoms in total. The molecule has 0 aliphatic heterocycles. The van der Waals surface area contributed by atoms with Crippen molar-refractivity contribution in [2.24, 2.45) is 0 Å². The first-order valence-corrected chi connectivity index (χ1v) is 4.80. The van der Waals surface area contributed by atoms with E-state index in [9.17, 15) is 17.3 Å². The summed E-state index contributed by atoms with van der Waals surface area (Å²) >= 11 is 5.83. The molecule has 0 saturated carbocycles. The summed E-state index contributed by atoms with van der Waals surface area (Å²) in [6.07, 6.45) is 2.98. The molecular formula is C7H12BClF4N2. The predicted octanol–water partition coefficient (Wildman–Crippen LogP) is 2.84. The molecule has 0 atom stereocenters. The van der Waals surface area contributed by atoms with Crippen molar-refractivity contribution >= 4 is 18.9 Å². The summed E-state index contributed by atoms with van der Waals surface area (Å²) in [5.41, 5.74) is 1.26. The zero-order valence-electron chi connectivity index (χ0n) is 8.41. The Labute approximate surface area is 90.4 Å². The van der Waals surface area contributed by atoms with E-state index in [1.807, 2.05) is 6.20 Å². The Morgan fingerprint density at radius 1 is 1.33 bits per heavy atom. The molecule has 1 N–H and O–H groups in total. The van der Waals surface area contributed by atoms with Crippen molar-refractivity contribution in [1.82, 2.24) is 4.98 Å². The van der Waals surface area contributed by atoms with Gasteiger partial charge in [-0.25, -0.2) is 9.55 Å². The molecule has 0 unspecified atom stereocenters. The van der Waals surface area contributed by atoms with Gasteiger partial charge in [-0.15, -0.1) is 0 Å². The second-order valence-electron chi connectivity index (χ2n) is 2.66. The van der Waals surface area contributed by atoms with Crippen LogP contribution in [0.2, 0.25) is 5.28 Å². The molecule has 1 heterocycles. The molecule has 1 aromatic rings. The van der Waals surface area contributed by atoms with Crippen LogP contribution in [0.3, 0.4) is 0 Å². The molecule has 15 heavy (non-hydrogen) atoms. The fraction of sp³-hybridized carbons (Fsp3) is 0.571. The number of hydrogen-bond acceptors (Lipinski definition) is 0. The van der Waals surface area contributed by atoms with Crippen LogP contribution in [0.5, 0.6) is 0 Å². The van der Waals surface area contributed by atoms with Crippen LogP contribution in [0.25, 0.3) is 0 Å². The number of H-pyrrole nitrogens is 1. The Bertz CT molecular complexity index is 294. The molecule has 0 saturated heterocycles. The highest BCUT2D eigenvalue weighted by atomic mass is 35.5. The molecule has 0 bridgehead atoms. The van der Waals surface area contributed by atoms with Crippen LogP contribution in [0.15, 0.2) is 6.20 Å². The van der Waals surface area contributed by atoms with E-state index in [0.29, 0.717) is 0 Å². The van der Waals surface area contributed by atoms with Crippen molar-refractivity contribution in [1.29, 1.82) is 0 Å². The smallest absolute Gasteiger partial charge is 0.418 e. The number of aryl methyl sites for hydroxylation is 1. The summed E-state index contributed by atoms with van der Waals surface area (Å²) in [4.78, 5) is 2.97. The van der Waals surface area contributed by atoms with E-state index >= 15 is 0 Å². The number of nitrogens with one attached hydrogen (secondary N) is 1. The lowest BCUT2D eigenvalue weighted by Crippen LogP contribution is -2.35. The number of halogens is 5. The third-order valence-electron chi connectivity index (χ3n) is 1.62. The zero-order chi connectivity index (χ0) is 12.1. The van der Waals surface area contributed by atoms with E-state index in [-0.39, 0.29) is 0 Å². The summed E-state index contributed by atoms with van der Waals surface area (Å²) in [5.74, 6) is 0. The first kappa shape index (κ1) is 14.3. The summed E-state index contributed by atoms with van der Waals surface area (Å²) in [6.45, 7) is 5.13. The van der Waals surface area contributed by atoms with Gasteiger partial charge in [0.2, 0.25) is 0 Å². The van der Waals surface area contributed by atoms with Gasteiger partial charge in [0.05, 0.1) is 6.54 Å². The number of rotatable bonds is 2. The first-order valence-electron chi connectivity index (χ1n) is 4.42. The van der Waals surface area contributed by atoms with Crippen molar-refractivity contribution in [2.75, 3.05) is 0 Å². The van der Waals surface area contributed by atoms with E-state index in [1.165, 1.54) is 5.69 Å². The van der Waals surface area contributed by atoms with E-state index < -0.39 is 7.25 Å². The molecule has 0 aliphatic carbocycles. The van der Waals surface area contributed by atoms with Crippen molar-refractivity contribution in [3.05, 3.63) is 17.2 Å². The van der Waals surface area contributed by atoms with Crippen LogP contribution in [-0.4, -0.2) is 12.2 Å². The van der Waals surface area contributed by atoms with Crippen LogP contribution in [0, 0.1) is 0 Å². The van der Waals surface area contributed by atoms with Gasteiger partial charge in [-0.3, -0.25) is 0 Å². The molecule has 1 rings (SSSR count). The topological polar surface area (TPSA) is 19.7 Å². The van der Waals surface area contributed by atoms with Gasteiger partial charge in [0.15, 0.2) is 0 Å². The van der Waals surface area contributed by atoms with Crippen LogP contribution in [0.4, 0.5) is 17.3 Å². The highest BCUT2D eigenvalue weighted by Crippen LogP contribution is 2.06. The largest absolute Gasteiger partial charge is 0.673 e. The number of imidazole rings is 1. The number of hydrogen-bond donors (Lipinski definition) is 1. The van der Waals surface area contributed by atoms with E-state index in [4.69, 9.17) is 11.6 Å². The molecule has 1 aromatic heterocycles. The second kappa shape index (κ2) is 6.00. The summed E-state index contributed by atoms with van der Waals surface area (Å²) in [7, 11) is -6.00. The van der Waals surface area contributed by atoms with Crippen LogP contribution in [-0.2, 0) is 13.0 Å². The summed E-state index contributed by atoms with van der Waals surface area (Å²) in [6, 6.07) is 0. The minimum Gasteiger partial charge on any atom is -0.418 e. The van der Waals surface area contributed by atoms with Gasteiger partial charge in [0, 0.05) is 18.0 Å². The third-order valence-corrected chi connectivity index (χ3v) is 1.93. The SMILES string of the molecule is CCc1c[nH]c(Cl)[n+]1CC.F[B-](F)(F)F. The van der Waals surface area contributed by atoms with Gasteiger partial charge in [0.25, 0.3) is 0 Å². The van der Waals surface area contributed by atoms with Gasteiger partial charge in [-0.1, -0.05) is 6.92 Å². The Balaban J connectivity index is 0.000000336. The maximum absolute atomic E-state index is 9.75. The normalized spacial score (nSPS) is 10.9. The lowest BCUT2D eigenvalue weighted by Gasteiger charge is -1.94. The molecule has 0 spiro atoms. The highest BCUT2D eigenvalue weighted by Gasteiger charge is 2.20. The van der Waals surface area contributed by atoms with Gasteiger partial charge in [0.1, 0.15) is 11.9 Å². The van der Waals surface area contributed by atoms with Gasteiger partial charge in [-0.2, -0.15) is 0 Å². The molecular weight excluding hydrogens is 234 g/mol. The van der Waals surface area contributed by atoms with E-state index in [2.05, 4.69) is 23.4 Å². The molecule has 8 heteroatoms.